The lowest BCUT2D eigenvalue weighted by molar-refractivity contribution is 0.0771. The van der Waals surface area contributed by atoms with Gasteiger partial charge in [-0.3, -0.25) is 4.79 Å². The van der Waals surface area contributed by atoms with Gasteiger partial charge in [0.2, 0.25) is 5.89 Å². The van der Waals surface area contributed by atoms with Crippen molar-refractivity contribution in [2.45, 2.75) is 26.4 Å². The summed E-state index contributed by atoms with van der Waals surface area (Å²) < 4.78 is 12.5. The molecule has 5 rings (SSSR count). The van der Waals surface area contributed by atoms with E-state index >= 15 is 0 Å². The Morgan fingerprint density at radius 1 is 1.12 bits per heavy atom. The van der Waals surface area contributed by atoms with E-state index in [-0.39, 0.29) is 12.5 Å². The molecule has 0 bridgehead atoms. The molecule has 0 fully saturated rings. The Hall–Kier alpha value is -4.27. The third-order valence-corrected chi connectivity index (χ3v) is 5.34. The van der Waals surface area contributed by atoms with Crippen LogP contribution < -0.4 is 0 Å². The molecule has 4 aromatic heterocycles. The van der Waals surface area contributed by atoms with Crippen LogP contribution in [0.15, 0.2) is 69.9 Å². The van der Waals surface area contributed by atoms with Crippen LogP contribution in [0.4, 0.5) is 0 Å². The second-order valence-electron chi connectivity index (χ2n) is 7.66. The highest BCUT2D eigenvalue weighted by Gasteiger charge is 2.22. The summed E-state index contributed by atoms with van der Waals surface area (Å²) in [5.41, 5.74) is 2.70. The van der Waals surface area contributed by atoms with Crippen molar-refractivity contribution in [3.8, 4) is 11.3 Å². The van der Waals surface area contributed by atoms with Crippen LogP contribution in [0.3, 0.4) is 0 Å². The summed E-state index contributed by atoms with van der Waals surface area (Å²) in [5.74, 6) is 1.57. The molecule has 0 atom stereocenters. The lowest BCUT2D eigenvalue weighted by Gasteiger charge is -2.16. The summed E-state index contributed by atoms with van der Waals surface area (Å²) in [6.45, 7) is 2.56. The van der Waals surface area contributed by atoms with Crippen LogP contribution in [0.2, 0.25) is 0 Å². The van der Waals surface area contributed by atoms with E-state index in [9.17, 15) is 4.79 Å². The van der Waals surface area contributed by atoms with Gasteiger partial charge in [0.1, 0.15) is 12.3 Å². The smallest absolute Gasteiger partial charge is 0.254 e. The SMILES string of the molecule is CCc1noc(CN(C)C(=O)c2cc(-c3ccccc3)nc3c2cnn3Cc2ccco2)n1. The number of fused-ring (bicyclic) bond motifs is 1. The topological polar surface area (TPSA) is 103 Å². The Labute approximate surface area is 189 Å². The highest BCUT2D eigenvalue weighted by Crippen LogP contribution is 2.26. The molecule has 0 saturated heterocycles. The first-order valence-corrected chi connectivity index (χ1v) is 10.6. The van der Waals surface area contributed by atoms with Crippen LogP contribution in [0.5, 0.6) is 0 Å². The van der Waals surface area contributed by atoms with Gasteiger partial charge in [-0.15, -0.1) is 0 Å². The maximum atomic E-state index is 13.5. The fourth-order valence-electron chi connectivity index (χ4n) is 3.63. The standard InChI is InChI=1S/C24H22N6O3/c1-3-21-27-22(33-28-21)15-29(2)24(31)18-12-20(16-8-5-4-6-9-16)26-23-19(18)13-25-30(23)14-17-10-7-11-32-17/h4-13H,3,14-15H2,1-2H3. The van der Waals surface area contributed by atoms with E-state index in [1.165, 1.54) is 0 Å². The summed E-state index contributed by atoms with van der Waals surface area (Å²) >= 11 is 0. The Kier molecular flexibility index (Phi) is 5.43. The molecule has 0 spiro atoms. The molecule has 0 aliphatic carbocycles. The zero-order valence-electron chi connectivity index (χ0n) is 18.3. The molecule has 0 N–H and O–H groups in total. The van der Waals surface area contributed by atoms with Crippen molar-refractivity contribution >= 4 is 16.9 Å². The van der Waals surface area contributed by atoms with Gasteiger partial charge < -0.3 is 13.8 Å². The third-order valence-electron chi connectivity index (χ3n) is 5.34. The number of nitrogens with zero attached hydrogens (tertiary/aromatic N) is 6. The minimum atomic E-state index is -0.187. The molecule has 9 heteroatoms. The largest absolute Gasteiger partial charge is 0.467 e. The van der Waals surface area contributed by atoms with Gasteiger partial charge in [0.15, 0.2) is 11.5 Å². The van der Waals surface area contributed by atoms with Crippen LogP contribution in [-0.2, 0) is 19.5 Å². The van der Waals surface area contributed by atoms with Crippen molar-refractivity contribution in [1.82, 2.24) is 29.8 Å². The van der Waals surface area contributed by atoms with Gasteiger partial charge in [0.05, 0.1) is 35.6 Å². The zero-order valence-corrected chi connectivity index (χ0v) is 18.3. The number of hydrogen-bond donors (Lipinski definition) is 0. The second-order valence-corrected chi connectivity index (χ2v) is 7.66. The van der Waals surface area contributed by atoms with E-state index < -0.39 is 0 Å². The van der Waals surface area contributed by atoms with Crippen LogP contribution in [0.25, 0.3) is 22.3 Å². The number of carbonyl (C=O) groups is 1. The van der Waals surface area contributed by atoms with Gasteiger partial charge in [0.25, 0.3) is 5.91 Å². The van der Waals surface area contributed by atoms with Gasteiger partial charge in [-0.2, -0.15) is 10.1 Å². The lowest BCUT2D eigenvalue weighted by Crippen LogP contribution is -2.26. The summed E-state index contributed by atoms with van der Waals surface area (Å²) in [7, 11) is 1.71. The molecule has 33 heavy (non-hydrogen) atoms. The highest BCUT2D eigenvalue weighted by molar-refractivity contribution is 6.06. The number of carbonyl (C=O) groups excluding carboxylic acids is 1. The molecule has 0 saturated carbocycles. The number of hydrogen-bond acceptors (Lipinski definition) is 7. The number of rotatable bonds is 7. The summed E-state index contributed by atoms with van der Waals surface area (Å²) in [6, 6.07) is 15.3. The van der Waals surface area contributed by atoms with Crippen molar-refractivity contribution in [2.24, 2.45) is 0 Å². The normalized spacial score (nSPS) is 11.2. The molecule has 9 nitrogen and oxygen atoms in total. The maximum absolute atomic E-state index is 13.5. The fraction of sp³-hybridized carbons (Fsp3) is 0.208. The Bertz CT molecular complexity index is 1390. The number of furan rings is 1. The van der Waals surface area contributed by atoms with Crippen LogP contribution in [0.1, 0.15) is 34.8 Å². The first kappa shape index (κ1) is 20.6. The molecule has 0 aliphatic heterocycles. The molecule has 1 aromatic carbocycles. The maximum Gasteiger partial charge on any atom is 0.254 e. The first-order valence-electron chi connectivity index (χ1n) is 10.6. The van der Waals surface area contributed by atoms with Gasteiger partial charge in [-0.05, 0) is 18.2 Å². The Morgan fingerprint density at radius 2 is 1.97 bits per heavy atom. The highest BCUT2D eigenvalue weighted by atomic mass is 16.5. The second kappa shape index (κ2) is 8.70. The molecular formula is C24H22N6O3. The molecule has 0 aliphatic rings. The van der Waals surface area contributed by atoms with E-state index in [4.69, 9.17) is 13.9 Å². The number of aromatic nitrogens is 5. The molecule has 0 unspecified atom stereocenters. The molecule has 4 heterocycles. The van der Waals surface area contributed by atoms with Crippen molar-refractivity contribution in [1.29, 1.82) is 0 Å². The Balaban J connectivity index is 1.56. The average molecular weight is 442 g/mol. The Morgan fingerprint density at radius 3 is 2.70 bits per heavy atom. The van der Waals surface area contributed by atoms with Crippen molar-refractivity contribution in [3.63, 3.8) is 0 Å². The van der Waals surface area contributed by atoms with Crippen molar-refractivity contribution in [3.05, 3.63) is 84.0 Å². The van der Waals surface area contributed by atoms with E-state index in [1.807, 2.05) is 49.4 Å². The molecule has 0 radical (unpaired) electrons. The van der Waals surface area contributed by atoms with Crippen LogP contribution in [0, 0.1) is 0 Å². The summed E-state index contributed by atoms with van der Waals surface area (Å²) in [6.07, 6.45) is 3.96. The lowest BCUT2D eigenvalue weighted by atomic mass is 10.1. The van der Waals surface area contributed by atoms with E-state index in [0.717, 1.165) is 11.3 Å². The quantitative estimate of drug-likeness (QED) is 0.376. The third kappa shape index (κ3) is 4.12. The minimum Gasteiger partial charge on any atom is -0.467 e. The van der Waals surface area contributed by atoms with Crippen LogP contribution >= 0.6 is 0 Å². The molecular weight excluding hydrogens is 420 g/mol. The number of aryl methyl sites for hydroxylation is 1. The van der Waals surface area contributed by atoms with Crippen molar-refractivity contribution in [2.75, 3.05) is 7.05 Å². The number of benzene rings is 1. The van der Waals surface area contributed by atoms with Crippen molar-refractivity contribution < 1.29 is 13.7 Å². The molecule has 1 amide bonds. The minimum absolute atomic E-state index is 0.187. The van der Waals surface area contributed by atoms with E-state index in [2.05, 4.69) is 15.2 Å². The zero-order chi connectivity index (χ0) is 22.8. The van der Waals surface area contributed by atoms with E-state index in [1.54, 1.807) is 35.2 Å². The fourth-order valence-corrected chi connectivity index (χ4v) is 3.63. The van der Waals surface area contributed by atoms with Gasteiger partial charge in [-0.25, -0.2) is 9.67 Å². The number of amides is 1. The first-order chi connectivity index (χ1) is 16.1. The monoisotopic (exact) mass is 442 g/mol. The predicted octanol–water partition coefficient (Wildman–Crippen LogP) is 3.96. The summed E-state index contributed by atoms with van der Waals surface area (Å²) in [4.78, 5) is 24.2. The van der Waals surface area contributed by atoms with Gasteiger partial charge in [0, 0.05) is 19.0 Å². The van der Waals surface area contributed by atoms with E-state index in [0.29, 0.717) is 47.0 Å². The average Bonchev–Trinajstić information content (AvgIpc) is 3.61. The van der Waals surface area contributed by atoms with Crippen LogP contribution in [-0.4, -0.2) is 42.8 Å². The van der Waals surface area contributed by atoms with Gasteiger partial charge in [-0.1, -0.05) is 42.4 Å². The molecule has 166 valence electrons. The molecule has 5 aromatic rings. The number of pyridine rings is 1. The van der Waals surface area contributed by atoms with Gasteiger partial charge >= 0.3 is 0 Å². The summed E-state index contributed by atoms with van der Waals surface area (Å²) in [5, 5.41) is 9.06. The predicted molar refractivity (Wildman–Crippen MR) is 120 cm³/mol.